The van der Waals surface area contributed by atoms with Gasteiger partial charge in [0.15, 0.2) is 0 Å². The molecule has 1 saturated heterocycles. The Morgan fingerprint density at radius 1 is 1.10 bits per heavy atom. The normalized spacial score (nSPS) is 15.5. The number of imidazole rings is 1. The molecule has 8 heteroatoms. The number of hydrogen-bond acceptors (Lipinski definition) is 5. The Hall–Kier alpha value is -3.52. The third kappa shape index (κ3) is 3.48. The number of nitrogens with one attached hydrogen (secondary N) is 2. The molecule has 0 bridgehead atoms. The Kier molecular flexibility index (Phi) is 4.78. The maximum atomic E-state index is 13.5. The molecule has 1 aliphatic rings. The second-order valence-electron chi connectivity index (χ2n) is 8.01. The van der Waals surface area contributed by atoms with E-state index in [1.165, 1.54) is 12.1 Å². The predicted octanol–water partition coefficient (Wildman–Crippen LogP) is 3.85. The van der Waals surface area contributed by atoms with Gasteiger partial charge in [0.05, 0.1) is 5.69 Å². The molecule has 0 amide bonds. The lowest BCUT2D eigenvalue weighted by Gasteiger charge is -2.29. The van der Waals surface area contributed by atoms with Crippen LogP contribution in [0.5, 0.6) is 0 Å². The third-order valence-corrected chi connectivity index (χ3v) is 5.97. The first kappa shape index (κ1) is 19.4. The van der Waals surface area contributed by atoms with Gasteiger partial charge in [-0.05, 0) is 69.4 Å². The number of piperidine rings is 1. The van der Waals surface area contributed by atoms with Gasteiger partial charge in [-0.25, -0.2) is 4.39 Å². The average Bonchev–Trinajstić information content (AvgIpc) is 3.36. The summed E-state index contributed by atoms with van der Waals surface area (Å²) in [6, 6.07) is 9.74. The number of oxazole rings is 1. The van der Waals surface area contributed by atoms with Crippen LogP contribution >= 0.6 is 0 Å². The molecule has 7 nitrogen and oxygen atoms in total. The highest BCUT2D eigenvalue weighted by Crippen LogP contribution is 2.33. The molecular weight excluding hydrogens is 395 g/mol. The van der Waals surface area contributed by atoms with Gasteiger partial charge in [0.1, 0.15) is 29.1 Å². The first-order valence-corrected chi connectivity index (χ1v) is 10.3. The second-order valence-corrected chi connectivity index (χ2v) is 8.01. The molecule has 3 aromatic heterocycles. The number of pyridine rings is 1. The van der Waals surface area contributed by atoms with Crippen molar-refractivity contribution < 1.29 is 8.81 Å². The molecule has 1 aliphatic heterocycles. The number of rotatable bonds is 3. The Labute approximate surface area is 178 Å². The van der Waals surface area contributed by atoms with Crippen LogP contribution in [-0.4, -0.2) is 44.8 Å². The van der Waals surface area contributed by atoms with Crippen molar-refractivity contribution in [2.75, 3.05) is 20.1 Å². The fourth-order valence-corrected chi connectivity index (χ4v) is 4.19. The highest BCUT2D eigenvalue weighted by molar-refractivity contribution is 5.86. The minimum absolute atomic E-state index is 0.122. The van der Waals surface area contributed by atoms with Crippen LogP contribution in [0.2, 0.25) is 0 Å². The molecule has 1 fully saturated rings. The number of nitrogens with zero attached hydrogens (tertiary/aromatic N) is 4. The van der Waals surface area contributed by atoms with Gasteiger partial charge < -0.3 is 9.32 Å². The molecule has 0 atom stereocenters. The second kappa shape index (κ2) is 7.63. The summed E-state index contributed by atoms with van der Waals surface area (Å²) in [5.41, 5.74) is 3.28. The van der Waals surface area contributed by atoms with Crippen molar-refractivity contribution in [3.05, 3.63) is 66.4 Å². The SMILES string of the molecule is CN1CCC(C(=N)n2cc(-c3c(-c4ccc(F)cc4)nc4occn34)ccc2=N)CC1. The Morgan fingerprint density at radius 2 is 1.81 bits per heavy atom. The third-order valence-electron chi connectivity index (χ3n) is 5.97. The van der Waals surface area contributed by atoms with Gasteiger partial charge in [-0.2, -0.15) is 4.98 Å². The standard InChI is InChI=1S/C23H23FN6O/c1-28-10-8-16(9-11-28)22(26)30-14-17(4-7-19(30)25)21-20(15-2-5-18(24)6-3-15)27-23-29(21)12-13-31-23/h2-7,12-14,16,25-26H,8-11H2,1H3. The lowest BCUT2D eigenvalue weighted by molar-refractivity contribution is 0.250. The number of halogens is 1. The molecule has 0 saturated carbocycles. The molecule has 0 unspecified atom stereocenters. The van der Waals surface area contributed by atoms with E-state index in [1.54, 1.807) is 35.2 Å². The molecular formula is C23H23FN6O. The monoisotopic (exact) mass is 418 g/mol. The van der Waals surface area contributed by atoms with Gasteiger partial charge in [0.25, 0.3) is 0 Å². The van der Waals surface area contributed by atoms with E-state index in [1.807, 2.05) is 16.7 Å². The molecule has 2 N–H and O–H groups in total. The number of benzene rings is 1. The predicted molar refractivity (Wildman–Crippen MR) is 115 cm³/mol. The van der Waals surface area contributed by atoms with Crippen LogP contribution in [0, 0.1) is 22.6 Å². The average molecular weight is 418 g/mol. The number of fused-ring (bicyclic) bond motifs is 1. The van der Waals surface area contributed by atoms with Crippen LogP contribution in [0.15, 0.2) is 59.5 Å². The van der Waals surface area contributed by atoms with Crippen molar-refractivity contribution in [1.29, 1.82) is 10.8 Å². The van der Waals surface area contributed by atoms with E-state index in [9.17, 15) is 4.39 Å². The molecule has 4 aromatic rings. The number of aromatic nitrogens is 3. The van der Waals surface area contributed by atoms with Gasteiger partial charge >= 0.3 is 5.84 Å². The Balaban J connectivity index is 1.61. The maximum absolute atomic E-state index is 13.5. The largest absolute Gasteiger partial charge is 0.432 e. The first-order chi connectivity index (χ1) is 15.0. The van der Waals surface area contributed by atoms with E-state index < -0.39 is 0 Å². The number of likely N-dealkylation sites (tertiary alicyclic amines) is 1. The van der Waals surface area contributed by atoms with Gasteiger partial charge in [0, 0.05) is 29.4 Å². The van der Waals surface area contributed by atoms with E-state index >= 15 is 0 Å². The van der Waals surface area contributed by atoms with Crippen molar-refractivity contribution >= 4 is 11.7 Å². The van der Waals surface area contributed by atoms with Crippen LogP contribution in [0.25, 0.3) is 28.4 Å². The Morgan fingerprint density at radius 3 is 2.55 bits per heavy atom. The van der Waals surface area contributed by atoms with Gasteiger partial charge in [0.2, 0.25) is 0 Å². The zero-order chi connectivity index (χ0) is 21.5. The first-order valence-electron chi connectivity index (χ1n) is 10.3. The zero-order valence-corrected chi connectivity index (χ0v) is 17.2. The van der Waals surface area contributed by atoms with E-state index in [-0.39, 0.29) is 17.2 Å². The van der Waals surface area contributed by atoms with Crippen molar-refractivity contribution in [2.24, 2.45) is 5.92 Å². The van der Waals surface area contributed by atoms with Crippen molar-refractivity contribution in [2.45, 2.75) is 12.8 Å². The van der Waals surface area contributed by atoms with E-state index in [0.717, 1.165) is 42.8 Å². The van der Waals surface area contributed by atoms with Gasteiger partial charge in [-0.15, -0.1) is 0 Å². The molecule has 31 heavy (non-hydrogen) atoms. The van der Waals surface area contributed by atoms with Crippen molar-refractivity contribution in [1.82, 2.24) is 18.9 Å². The van der Waals surface area contributed by atoms with E-state index in [2.05, 4.69) is 16.9 Å². The summed E-state index contributed by atoms with van der Waals surface area (Å²) in [5.74, 6) is 0.685. The Bertz CT molecular complexity index is 1310. The highest BCUT2D eigenvalue weighted by Gasteiger charge is 2.23. The molecule has 0 spiro atoms. The van der Waals surface area contributed by atoms with E-state index in [4.69, 9.17) is 15.2 Å². The summed E-state index contributed by atoms with van der Waals surface area (Å²) in [7, 11) is 2.09. The number of hydrogen-bond donors (Lipinski definition) is 2. The molecule has 4 heterocycles. The van der Waals surface area contributed by atoms with Crippen molar-refractivity contribution in [3.8, 4) is 22.5 Å². The minimum atomic E-state index is -0.309. The summed E-state index contributed by atoms with van der Waals surface area (Å²) in [4.78, 5) is 6.87. The fraction of sp³-hybridized carbons (Fsp3) is 0.261. The summed E-state index contributed by atoms with van der Waals surface area (Å²) in [5, 5.41) is 17.2. The van der Waals surface area contributed by atoms with Crippen LogP contribution in [0.1, 0.15) is 12.8 Å². The minimum Gasteiger partial charge on any atom is -0.432 e. The van der Waals surface area contributed by atoms with Crippen LogP contribution < -0.4 is 5.49 Å². The topological polar surface area (TPSA) is 86.3 Å². The van der Waals surface area contributed by atoms with Crippen LogP contribution in [0.3, 0.4) is 0 Å². The summed E-state index contributed by atoms with van der Waals surface area (Å²) >= 11 is 0. The summed E-state index contributed by atoms with van der Waals surface area (Å²) in [6.07, 6.45) is 6.99. The molecule has 0 radical (unpaired) electrons. The lowest BCUT2D eigenvalue weighted by Crippen LogP contribution is -2.38. The summed E-state index contributed by atoms with van der Waals surface area (Å²) in [6.45, 7) is 1.90. The maximum Gasteiger partial charge on any atom is 0.306 e. The fourth-order valence-electron chi connectivity index (χ4n) is 4.19. The van der Waals surface area contributed by atoms with Gasteiger partial charge in [-0.3, -0.25) is 19.8 Å². The lowest BCUT2D eigenvalue weighted by atomic mass is 9.95. The summed E-state index contributed by atoms with van der Waals surface area (Å²) < 4.78 is 22.4. The smallest absolute Gasteiger partial charge is 0.306 e. The van der Waals surface area contributed by atoms with E-state index in [0.29, 0.717) is 17.4 Å². The molecule has 1 aromatic carbocycles. The van der Waals surface area contributed by atoms with Crippen molar-refractivity contribution in [3.63, 3.8) is 0 Å². The highest BCUT2D eigenvalue weighted by atomic mass is 19.1. The van der Waals surface area contributed by atoms with Crippen LogP contribution in [-0.2, 0) is 0 Å². The van der Waals surface area contributed by atoms with Crippen LogP contribution in [0.4, 0.5) is 4.39 Å². The molecule has 5 rings (SSSR count). The van der Waals surface area contributed by atoms with Gasteiger partial charge in [-0.1, -0.05) is 0 Å². The zero-order valence-electron chi connectivity index (χ0n) is 17.2. The molecule has 0 aliphatic carbocycles. The quantitative estimate of drug-likeness (QED) is 0.391. The molecule has 158 valence electrons.